The summed E-state index contributed by atoms with van der Waals surface area (Å²) in [6.07, 6.45) is 0.188. The van der Waals surface area contributed by atoms with Crippen molar-refractivity contribution in [2.45, 2.75) is 38.8 Å². The molecule has 1 atom stereocenters. The van der Waals surface area contributed by atoms with Gasteiger partial charge in [0.1, 0.15) is 0 Å². The highest BCUT2D eigenvalue weighted by atomic mass is 16.5. The number of hydrogen-bond acceptors (Lipinski definition) is 4. The van der Waals surface area contributed by atoms with Gasteiger partial charge in [0.25, 0.3) is 0 Å². The van der Waals surface area contributed by atoms with Gasteiger partial charge in [0, 0.05) is 25.1 Å². The number of rotatable bonds is 8. The Morgan fingerprint density at radius 1 is 1.41 bits per heavy atom. The fourth-order valence-corrected chi connectivity index (χ4v) is 1.44. The Balaban J connectivity index is 3.94. The summed E-state index contributed by atoms with van der Waals surface area (Å²) in [4.78, 5) is 22.3. The van der Waals surface area contributed by atoms with E-state index in [9.17, 15) is 9.59 Å². The highest BCUT2D eigenvalue weighted by Gasteiger charge is 2.21. The highest BCUT2D eigenvalue weighted by Crippen LogP contribution is 2.06. The summed E-state index contributed by atoms with van der Waals surface area (Å²) in [7, 11) is 1.58. The highest BCUT2D eigenvalue weighted by molar-refractivity contribution is 5.79. The average molecular weight is 245 g/mol. The number of ether oxygens (including phenoxy) is 1. The second-order valence-electron chi connectivity index (χ2n) is 4.80. The lowest BCUT2D eigenvalue weighted by atomic mass is 10.0. The second kappa shape index (κ2) is 7.24. The van der Waals surface area contributed by atoms with Crippen molar-refractivity contribution >= 4 is 11.8 Å². The van der Waals surface area contributed by atoms with Gasteiger partial charge in [-0.25, -0.2) is 0 Å². The SMILES string of the molecule is COCC(C)NC(=O)CNC(C)(C)CC(N)=O. The molecule has 6 nitrogen and oxygen atoms in total. The van der Waals surface area contributed by atoms with Gasteiger partial charge in [-0.3, -0.25) is 9.59 Å². The molecule has 0 bridgehead atoms. The molecule has 100 valence electrons. The number of amides is 2. The molecular formula is C11H23N3O3. The summed E-state index contributed by atoms with van der Waals surface area (Å²) in [5.41, 5.74) is 4.63. The van der Waals surface area contributed by atoms with Gasteiger partial charge >= 0.3 is 0 Å². The Bertz CT molecular complexity index is 267. The van der Waals surface area contributed by atoms with Crippen LogP contribution in [0.4, 0.5) is 0 Å². The van der Waals surface area contributed by atoms with Crippen LogP contribution in [-0.2, 0) is 14.3 Å². The Hall–Kier alpha value is -1.14. The van der Waals surface area contributed by atoms with Gasteiger partial charge in [-0.1, -0.05) is 0 Å². The first-order valence-electron chi connectivity index (χ1n) is 5.58. The molecule has 4 N–H and O–H groups in total. The zero-order chi connectivity index (χ0) is 13.5. The van der Waals surface area contributed by atoms with Crippen molar-refractivity contribution in [3.8, 4) is 0 Å². The number of carbonyl (C=O) groups is 2. The van der Waals surface area contributed by atoms with Crippen LogP contribution < -0.4 is 16.4 Å². The fraction of sp³-hybridized carbons (Fsp3) is 0.818. The van der Waals surface area contributed by atoms with E-state index in [-0.39, 0.29) is 24.9 Å². The van der Waals surface area contributed by atoms with Gasteiger partial charge in [0.15, 0.2) is 0 Å². The molecule has 17 heavy (non-hydrogen) atoms. The van der Waals surface area contributed by atoms with Crippen LogP contribution in [0.3, 0.4) is 0 Å². The number of methoxy groups -OCH3 is 1. The summed E-state index contributed by atoms with van der Waals surface area (Å²) in [5.74, 6) is -0.525. The van der Waals surface area contributed by atoms with E-state index in [0.717, 1.165) is 0 Å². The number of nitrogens with one attached hydrogen (secondary N) is 2. The summed E-state index contributed by atoms with van der Waals surface area (Å²) >= 11 is 0. The van der Waals surface area contributed by atoms with Crippen LogP contribution in [0.25, 0.3) is 0 Å². The van der Waals surface area contributed by atoms with E-state index in [1.54, 1.807) is 7.11 Å². The smallest absolute Gasteiger partial charge is 0.234 e. The molecule has 0 aliphatic carbocycles. The van der Waals surface area contributed by atoms with Crippen LogP contribution in [0.2, 0.25) is 0 Å². The summed E-state index contributed by atoms with van der Waals surface area (Å²) in [5, 5.41) is 5.75. The van der Waals surface area contributed by atoms with Crippen LogP contribution in [0.15, 0.2) is 0 Å². The largest absolute Gasteiger partial charge is 0.383 e. The third-order valence-corrected chi connectivity index (χ3v) is 2.17. The average Bonchev–Trinajstić information content (AvgIpc) is 2.13. The van der Waals surface area contributed by atoms with Crippen LogP contribution in [0.5, 0.6) is 0 Å². The van der Waals surface area contributed by atoms with Crippen molar-refractivity contribution in [1.29, 1.82) is 0 Å². The number of carbonyl (C=O) groups excluding carboxylic acids is 2. The molecule has 0 rings (SSSR count). The van der Waals surface area contributed by atoms with Crippen molar-refractivity contribution in [3.63, 3.8) is 0 Å². The molecule has 0 heterocycles. The lowest BCUT2D eigenvalue weighted by molar-refractivity contribution is -0.123. The molecule has 0 saturated heterocycles. The minimum atomic E-state index is -0.479. The van der Waals surface area contributed by atoms with Gasteiger partial charge in [-0.2, -0.15) is 0 Å². The maximum atomic E-state index is 11.5. The van der Waals surface area contributed by atoms with E-state index < -0.39 is 11.4 Å². The van der Waals surface area contributed by atoms with E-state index in [1.807, 2.05) is 20.8 Å². The van der Waals surface area contributed by atoms with Crippen molar-refractivity contribution in [2.75, 3.05) is 20.3 Å². The first-order chi connectivity index (χ1) is 7.76. The van der Waals surface area contributed by atoms with Crippen molar-refractivity contribution in [1.82, 2.24) is 10.6 Å². The molecule has 0 saturated carbocycles. The topological polar surface area (TPSA) is 93.4 Å². The van der Waals surface area contributed by atoms with Gasteiger partial charge in [0.2, 0.25) is 11.8 Å². The number of hydrogen-bond donors (Lipinski definition) is 3. The Morgan fingerprint density at radius 3 is 2.47 bits per heavy atom. The third-order valence-electron chi connectivity index (χ3n) is 2.17. The molecule has 0 radical (unpaired) electrons. The predicted octanol–water partition coefficient (Wildman–Crippen LogP) is -0.619. The van der Waals surface area contributed by atoms with Crippen molar-refractivity contribution in [3.05, 3.63) is 0 Å². The monoisotopic (exact) mass is 245 g/mol. The lowest BCUT2D eigenvalue weighted by Gasteiger charge is -2.25. The first-order valence-corrected chi connectivity index (χ1v) is 5.58. The molecule has 0 aliphatic rings. The molecular weight excluding hydrogens is 222 g/mol. The summed E-state index contributed by atoms with van der Waals surface area (Å²) in [6.45, 7) is 6.12. The number of nitrogens with two attached hydrogens (primary N) is 1. The number of primary amides is 1. The Labute approximate surface area is 102 Å². The van der Waals surface area contributed by atoms with E-state index in [0.29, 0.717) is 6.61 Å². The van der Waals surface area contributed by atoms with Crippen LogP contribution >= 0.6 is 0 Å². The Morgan fingerprint density at radius 2 is 2.00 bits per heavy atom. The molecule has 0 aromatic rings. The zero-order valence-electron chi connectivity index (χ0n) is 11.0. The minimum absolute atomic E-state index is 0.0337. The summed E-state index contributed by atoms with van der Waals surface area (Å²) in [6, 6.07) is -0.0337. The Kier molecular flexibility index (Phi) is 6.75. The van der Waals surface area contributed by atoms with Crippen LogP contribution in [-0.4, -0.2) is 43.7 Å². The van der Waals surface area contributed by atoms with Gasteiger partial charge in [-0.15, -0.1) is 0 Å². The zero-order valence-corrected chi connectivity index (χ0v) is 11.0. The molecule has 0 aliphatic heterocycles. The first kappa shape index (κ1) is 15.9. The third kappa shape index (κ3) is 8.65. The van der Waals surface area contributed by atoms with E-state index in [1.165, 1.54) is 0 Å². The fourth-order valence-electron chi connectivity index (χ4n) is 1.44. The van der Waals surface area contributed by atoms with E-state index in [2.05, 4.69) is 10.6 Å². The van der Waals surface area contributed by atoms with E-state index in [4.69, 9.17) is 10.5 Å². The maximum absolute atomic E-state index is 11.5. The standard InChI is InChI=1S/C11H23N3O3/c1-8(7-17-4)14-10(16)6-13-11(2,3)5-9(12)15/h8,13H,5-7H2,1-4H3,(H2,12,15)(H,14,16). The second-order valence-corrected chi connectivity index (χ2v) is 4.80. The van der Waals surface area contributed by atoms with Crippen LogP contribution in [0, 0.1) is 0 Å². The molecule has 2 amide bonds. The van der Waals surface area contributed by atoms with Crippen molar-refractivity contribution < 1.29 is 14.3 Å². The molecule has 0 spiro atoms. The molecule has 0 aromatic heterocycles. The molecule has 0 fully saturated rings. The van der Waals surface area contributed by atoms with Crippen LogP contribution in [0.1, 0.15) is 27.2 Å². The summed E-state index contributed by atoms with van der Waals surface area (Å²) < 4.78 is 4.91. The maximum Gasteiger partial charge on any atom is 0.234 e. The minimum Gasteiger partial charge on any atom is -0.383 e. The van der Waals surface area contributed by atoms with E-state index >= 15 is 0 Å². The normalized spacial score (nSPS) is 13.2. The van der Waals surface area contributed by atoms with Gasteiger partial charge in [0.05, 0.1) is 13.2 Å². The predicted molar refractivity (Wildman–Crippen MR) is 65.4 cm³/mol. The molecule has 0 aromatic carbocycles. The van der Waals surface area contributed by atoms with Gasteiger partial charge < -0.3 is 21.1 Å². The quantitative estimate of drug-likeness (QED) is 0.531. The molecule has 1 unspecified atom stereocenters. The van der Waals surface area contributed by atoms with Gasteiger partial charge in [-0.05, 0) is 20.8 Å². The van der Waals surface area contributed by atoms with Crippen molar-refractivity contribution in [2.24, 2.45) is 5.73 Å². The lowest BCUT2D eigenvalue weighted by Crippen LogP contribution is -2.49. The molecule has 6 heteroatoms.